The minimum absolute atomic E-state index is 0. The normalized spacial score (nSPS) is 11.6. The summed E-state index contributed by atoms with van der Waals surface area (Å²) in [6, 6.07) is 0. The molecule has 2 heteroatoms. The van der Waals surface area contributed by atoms with Gasteiger partial charge in [0, 0.05) is 5.54 Å². The first-order chi connectivity index (χ1) is 6.66. The van der Waals surface area contributed by atoms with E-state index in [2.05, 4.69) is 39.6 Å². The Labute approximate surface area is 103 Å². The molecule has 0 fully saturated rings. The highest BCUT2D eigenvalue weighted by molar-refractivity contribution is 5.85. The van der Waals surface area contributed by atoms with Crippen LogP contribution in [0.5, 0.6) is 0 Å². The minimum Gasteiger partial charge on any atom is -0.301 e. The quantitative estimate of drug-likeness (QED) is 0.599. The summed E-state index contributed by atoms with van der Waals surface area (Å²) in [6.45, 7) is 10.4. The lowest BCUT2D eigenvalue weighted by Crippen LogP contribution is -2.46. The van der Waals surface area contributed by atoms with Gasteiger partial charge in [0.25, 0.3) is 0 Å². The molecule has 0 rings (SSSR count). The van der Waals surface area contributed by atoms with E-state index in [0.29, 0.717) is 5.54 Å². The smallest absolute Gasteiger partial charge is 0.0206 e. The van der Waals surface area contributed by atoms with Crippen molar-refractivity contribution in [2.45, 2.75) is 71.8 Å². The molecule has 0 aromatic heterocycles. The summed E-state index contributed by atoms with van der Waals surface area (Å²) in [5, 5.41) is 0. The van der Waals surface area contributed by atoms with E-state index < -0.39 is 0 Å². The zero-order chi connectivity index (χ0) is 11.0. The third-order valence-electron chi connectivity index (χ3n) is 3.43. The molecule has 0 aliphatic heterocycles. The number of hydrogen-bond acceptors (Lipinski definition) is 1. The predicted octanol–water partition coefficient (Wildman–Crippen LogP) is 4.50. The van der Waals surface area contributed by atoms with Crippen LogP contribution in [0.15, 0.2) is 0 Å². The molecule has 94 valence electrons. The summed E-state index contributed by atoms with van der Waals surface area (Å²) < 4.78 is 0. The first-order valence-corrected chi connectivity index (χ1v) is 6.38. The average molecular weight is 236 g/mol. The number of halogens is 1. The van der Waals surface area contributed by atoms with Crippen LogP contribution in [0.4, 0.5) is 0 Å². The van der Waals surface area contributed by atoms with Gasteiger partial charge in [-0.3, -0.25) is 0 Å². The van der Waals surface area contributed by atoms with Gasteiger partial charge in [0.2, 0.25) is 0 Å². The van der Waals surface area contributed by atoms with Crippen molar-refractivity contribution in [3.8, 4) is 0 Å². The van der Waals surface area contributed by atoms with E-state index in [-0.39, 0.29) is 12.4 Å². The van der Waals surface area contributed by atoms with Crippen LogP contribution in [0.1, 0.15) is 66.2 Å². The van der Waals surface area contributed by atoms with Crippen LogP contribution >= 0.6 is 12.4 Å². The standard InChI is InChI=1S/C13H29N.ClH/c1-6-10-13(11-7-2,12-8-3)14(5)9-4;/h6-12H2,1-5H3;1H. The summed E-state index contributed by atoms with van der Waals surface area (Å²) in [6.07, 6.45) is 8.01. The Morgan fingerprint density at radius 3 is 1.33 bits per heavy atom. The summed E-state index contributed by atoms with van der Waals surface area (Å²) in [4.78, 5) is 2.57. The average Bonchev–Trinajstić information content (AvgIpc) is 2.17. The Hall–Kier alpha value is 0.250. The van der Waals surface area contributed by atoms with E-state index in [1.54, 1.807) is 0 Å². The van der Waals surface area contributed by atoms with Crippen molar-refractivity contribution < 1.29 is 0 Å². The SMILES string of the molecule is CCCC(CCC)(CCC)N(C)CC.Cl. The van der Waals surface area contributed by atoms with Crippen LogP contribution in [-0.2, 0) is 0 Å². The van der Waals surface area contributed by atoms with Crippen molar-refractivity contribution in [3.05, 3.63) is 0 Å². The van der Waals surface area contributed by atoms with Crippen LogP contribution in [0.25, 0.3) is 0 Å². The van der Waals surface area contributed by atoms with Crippen molar-refractivity contribution in [1.29, 1.82) is 0 Å². The second-order valence-electron chi connectivity index (χ2n) is 4.49. The van der Waals surface area contributed by atoms with E-state index in [9.17, 15) is 0 Å². The van der Waals surface area contributed by atoms with Gasteiger partial charge in [-0.25, -0.2) is 0 Å². The molecule has 0 N–H and O–H groups in total. The van der Waals surface area contributed by atoms with Crippen molar-refractivity contribution in [2.75, 3.05) is 13.6 Å². The molecule has 0 heterocycles. The molecule has 0 atom stereocenters. The fraction of sp³-hybridized carbons (Fsp3) is 1.00. The first-order valence-electron chi connectivity index (χ1n) is 6.38. The molecule has 0 saturated heterocycles. The highest BCUT2D eigenvalue weighted by atomic mass is 35.5. The monoisotopic (exact) mass is 235 g/mol. The van der Waals surface area contributed by atoms with Gasteiger partial charge in [0.05, 0.1) is 0 Å². The van der Waals surface area contributed by atoms with Gasteiger partial charge in [0.1, 0.15) is 0 Å². The molecule has 0 aromatic carbocycles. The Bertz CT molecular complexity index is 119. The molecular weight excluding hydrogens is 206 g/mol. The van der Waals surface area contributed by atoms with Crippen LogP contribution in [-0.4, -0.2) is 24.0 Å². The molecule has 0 bridgehead atoms. The summed E-state index contributed by atoms with van der Waals surface area (Å²) in [5.74, 6) is 0. The lowest BCUT2D eigenvalue weighted by Gasteiger charge is -2.42. The molecule has 0 amide bonds. The molecule has 0 radical (unpaired) electrons. The van der Waals surface area contributed by atoms with Gasteiger partial charge in [-0.2, -0.15) is 0 Å². The van der Waals surface area contributed by atoms with Crippen molar-refractivity contribution in [3.63, 3.8) is 0 Å². The van der Waals surface area contributed by atoms with E-state index in [1.807, 2.05) is 0 Å². The molecule has 0 spiro atoms. The summed E-state index contributed by atoms with van der Waals surface area (Å²) in [5.41, 5.74) is 0.493. The highest BCUT2D eigenvalue weighted by Crippen LogP contribution is 2.30. The molecule has 0 unspecified atom stereocenters. The maximum absolute atomic E-state index is 2.57. The van der Waals surface area contributed by atoms with Gasteiger partial charge in [0.15, 0.2) is 0 Å². The minimum atomic E-state index is 0. The van der Waals surface area contributed by atoms with Crippen LogP contribution in [0.3, 0.4) is 0 Å². The van der Waals surface area contributed by atoms with E-state index in [1.165, 1.54) is 45.1 Å². The van der Waals surface area contributed by atoms with Gasteiger partial charge in [-0.15, -0.1) is 12.4 Å². The number of rotatable bonds is 8. The number of nitrogens with zero attached hydrogens (tertiary/aromatic N) is 1. The molecule has 0 aromatic rings. The fourth-order valence-electron chi connectivity index (χ4n) is 2.68. The largest absolute Gasteiger partial charge is 0.301 e. The van der Waals surface area contributed by atoms with Gasteiger partial charge in [-0.1, -0.05) is 47.0 Å². The fourth-order valence-corrected chi connectivity index (χ4v) is 2.68. The van der Waals surface area contributed by atoms with E-state index in [0.717, 1.165) is 0 Å². The van der Waals surface area contributed by atoms with Crippen molar-refractivity contribution >= 4 is 12.4 Å². The third-order valence-corrected chi connectivity index (χ3v) is 3.43. The van der Waals surface area contributed by atoms with Crippen molar-refractivity contribution in [2.24, 2.45) is 0 Å². The Balaban J connectivity index is 0. The Morgan fingerprint density at radius 2 is 1.13 bits per heavy atom. The van der Waals surface area contributed by atoms with E-state index in [4.69, 9.17) is 0 Å². The Kier molecular flexibility index (Phi) is 11.1. The zero-order valence-electron chi connectivity index (χ0n) is 11.3. The second-order valence-corrected chi connectivity index (χ2v) is 4.49. The Morgan fingerprint density at radius 1 is 0.800 bits per heavy atom. The predicted molar refractivity (Wildman–Crippen MR) is 73.0 cm³/mol. The molecule has 15 heavy (non-hydrogen) atoms. The topological polar surface area (TPSA) is 3.24 Å². The summed E-state index contributed by atoms with van der Waals surface area (Å²) in [7, 11) is 2.29. The highest BCUT2D eigenvalue weighted by Gasteiger charge is 2.30. The van der Waals surface area contributed by atoms with E-state index >= 15 is 0 Å². The maximum Gasteiger partial charge on any atom is 0.0206 e. The van der Waals surface area contributed by atoms with Crippen molar-refractivity contribution in [1.82, 2.24) is 4.90 Å². The summed E-state index contributed by atoms with van der Waals surface area (Å²) >= 11 is 0. The molecule has 0 aliphatic carbocycles. The zero-order valence-corrected chi connectivity index (χ0v) is 12.1. The van der Waals surface area contributed by atoms with Crippen LogP contribution < -0.4 is 0 Å². The van der Waals surface area contributed by atoms with Gasteiger partial charge in [-0.05, 0) is 32.9 Å². The number of hydrogen-bond donors (Lipinski definition) is 0. The maximum atomic E-state index is 2.57. The van der Waals surface area contributed by atoms with Crippen LogP contribution in [0.2, 0.25) is 0 Å². The molecule has 0 saturated carbocycles. The third kappa shape index (κ3) is 5.21. The lowest BCUT2D eigenvalue weighted by molar-refractivity contribution is 0.0902. The van der Waals surface area contributed by atoms with Gasteiger partial charge < -0.3 is 4.90 Å². The molecule has 0 aliphatic rings. The lowest BCUT2D eigenvalue weighted by atomic mass is 9.83. The van der Waals surface area contributed by atoms with Crippen LogP contribution in [0, 0.1) is 0 Å². The second kappa shape index (κ2) is 9.47. The molecular formula is C13H30ClN. The van der Waals surface area contributed by atoms with Gasteiger partial charge >= 0.3 is 0 Å². The molecule has 1 nitrogen and oxygen atoms in total. The first kappa shape index (κ1) is 17.6.